The monoisotopic (exact) mass is 441 g/mol. The lowest BCUT2D eigenvalue weighted by atomic mass is 9.80. The molecule has 0 radical (unpaired) electrons. The van der Waals surface area contributed by atoms with Gasteiger partial charge < -0.3 is 15.2 Å². The summed E-state index contributed by atoms with van der Waals surface area (Å²) in [4.78, 5) is 11.0. The molecule has 0 bridgehead atoms. The van der Waals surface area contributed by atoms with Crippen molar-refractivity contribution in [2.45, 2.75) is 51.1 Å². The molecule has 0 aliphatic heterocycles. The summed E-state index contributed by atoms with van der Waals surface area (Å²) in [7, 11) is 0. The van der Waals surface area contributed by atoms with E-state index >= 15 is 0 Å². The SMILES string of the molecule is Cc1cc(CCOc2ccc3c(c2)CCC3N[C@H]2C[C@H](C(=O)O)C2)ccc1-c1ccccc1. The number of aryl methyl sites for hydroxylation is 2. The second-order valence-electron chi connectivity index (χ2n) is 9.44. The average molecular weight is 442 g/mol. The van der Waals surface area contributed by atoms with E-state index in [-0.39, 0.29) is 5.92 Å². The van der Waals surface area contributed by atoms with Crippen LogP contribution in [0.1, 0.15) is 47.6 Å². The van der Waals surface area contributed by atoms with E-state index in [2.05, 4.69) is 72.9 Å². The van der Waals surface area contributed by atoms with Crippen molar-refractivity contribution in [1.82, 2.24) is 5.32 Å². The van der Waals surface area contributed by atoms with Crippen LogP contribution in [0.2, 0.25) is 0 Å². The van der Waals surface area contributed by atoms with Crippen molar-refractivity contribution in [2.24, 2.45) is 5.92 Å². The molecule has 1 atom stereocenters. The fourth-order valence-corrected chi connectivity index (χ4v) is 5.21. The molecule has 0 aromatic heterocycles. The molecule has 2 aliphatic carbocycles. The molecule has 0 amide bonds. The van der Waals surface area contributed by atoms with Crippen LogP contribution in [-0.2, 0) is 17.6 Å². The molecule has 33 heavy (non-hydrogen) atoms. The maximum atomic E-state index is 11.0. The van der Waals surface area contributed by atoms with Gasteiger partial charge in [0.15, 0.2) is 0 Å². The highest BCUT2D eigenvalue weighted by atomic mass is 16.5. The van der Waals surface area contributed by atoms with Gasteiger partial charge in [-0.05, 0) is 78.1 Å². The molecule has 5 rings (SSSR count). The second kappa shape index (κ2) is 9.40. The molecule has 1 unspecified atom stereocenters. The zero-order valence-corrected chi connectivity index (χ0v) is 19.1. The highest BCUT2D eigenvalue weighted by molar-refractivity contribution is 5.71. The average Bonchev–Trinajstić information content (AvgIpc) is 3.18. The van der Waals surface area contributed by atoms with Crippen LogP contribution in [0, 0.1) is 12.8 Å². The Morgan fingerprint density at radius 2 is 1.88 bits per heavy atom. The number of carbonyl (C=O) groups is 1. The van der Waals surface area contributed by atoms with Crippen molar-refractivity contribution in [2.75, 3.05) is 6.61 Å². The largest absolute Gasteiger partial charge is 0.493 e. The number of aliphatic carboxylic acids is 1. The molecule has 4 heteroatoms. The summed E-state index contributed by atoms with van der Waals surface area (Å²) in [5.74, 6) is 0.100. The van der Waals surface area contributed by atoms with Gasteiger partial charge in [-0.2, -0.15) is 0 Å². The van der Waals surface area contributed by atoms with E-state index in [9.17, 15) is 4.79 Å². The quantitative estimate of drug-likeness (QED) is 0.469. The number of ether oxygens (including phenoxy) is 1. The fourth-order valence-electron chi connectivity index (χ4n) is 5.21. The molecule has 1 saturated carbocycles. The number of hydrogen-bond acceptors (Lipinski definition) is 3. The molecule has 4 nitrogen and oxygen atoms in total. The third-order valence-electron chi connectivity index (χ3n) is 7.15. The number of carboxylic acids is 1. The molecule has 0 heterocycles. The van der Waals surface area contributed by atoms with E-state index < -0.39 is 5.97 Å². The van der Waals surface area contributed by atoms with Gasteiger partial charge in [0.1, 0.15) is 5.75 Å². The van der Waals surface area contributed by atoms with Gasteiger partial charge >= 0.3 is 5.97 Å². The topological polar surface area (TPSA) is 58.6 Å². The van der Waals surface area contributed by atoms with Gasteiger partial charge in [0.05, 0.1) is 12.5 Å². The third-order valence-corrected chi connectivity index (χ3v) is 7.15. The fraction of sp³-hybridized carbons (Fsp3) is 0.345. The van der Waals surface area contributed by atoms with Crippen LogP contribution >= 0.6 is 0 Å². The summed E-state index contributed by atoms with van der Waals surface area (Å²) in [6, 6.07) is 24.3. The van der Waals surface area contributed by atoms with Crippen molar-refractivity contribution >= 4 is 5.97 Å². The minimum atomic E-state index is -0.663. The number of rotatable bonds is 8. The molecule has 2 N–H and O–H groups in total. The van der Waals surface area contributed by atoms with Crippen molar-refractivity contribution in [1.29, 1.82) is 0 Å². The highest BCUT2D eigenvalue weighted by Crippen LogP contribution is 2.37. The predicted molar refractivity (Wildman–Crippen MR) is 131 cm³/mol. The third kappa shape index (κ3) is 4.81. The molecular formula is C29H31NO3. The van der Waals surface area contributed by atoms with Crippen LogP contribution < -0.4 is 10.1 Å². The smallest absolute Gasteiger partial charge is 0.306 e. The van der Waals surface area contributed by atoms with Gasteiger partial charge in [-0.1, -0.05) is 54.6 Å². The first-order chi connectivity index (χ1) is 16.1. The maximum Gasteiger partial charge on any atom is 0.306 e. The van der Waals surface area contributed by atoms with Gasteiger partial charge in [-0.15, -0.1) is 0 Å². The maximum absolute atomic E-state index is 11.0. The lowest BCUT2D eigenvalue weighted by Crippen LogP contribution is -2.45. The summed E-state index contributed by atoms with van der Waals surface area (Å²) in [6.45, 7) is 2.83. The first-order valence-corrected chi connectivity index (χ1v) is 12.0. The number of benzene rings is 3. The second-order valence-corrected chi connectivity index (χ2v) is 9.44. The van der Waals surface area contributed by atoms with Crippen molar-refractivity contribution in [3.63, 3.8) is 0 Å². The summed E-state index contributed by atoms with van der Waals surface area (Å²) in [5, 5.41) is 12.7. The van der Waals surface area contributed by atoms with Crippen LogP contribution in [0.3, 0.4) is 0 Å². The van der Waals surface area contributed by atoms with Crippen molar-refractivity contribution in [3.05, 3.63) is 89.0 Å². The predicted octanol–water partition coefficient (Wildman–Crippen LogP) is 5.72. The normalized spacial score (nSPS) is 21.3. The Morgan fingerprint density at radius 1 is 1.06 bits per heavy atom. The van der Waals surface area contributed by atoms with Crippen LogP contribution in [-0.4, -0.2) is 23.7 Å². The Morgan fingerprint density at radius 3 is 2.64 bits per heavy atom. The lowest BCUT2D eigenvalue weighted by molar-refractivity contribution is -0.145. The van der Waals surface area contributed by atoms with Gasteiger partial charge in [0.25, 0.3) is 0 Å². The van der Waals surface area contributed by atoms with Crippen molar-refractivity contribution in [3.8, 4) is 16.9 Å². The van der Waals surface area contributed by atoms with Gasteiger partial charge in [0.2, 0.25) is 0 Å². The molecule has 170 valence electrons. The van der Waals surface area contributed by atoms with E-state index in [0.29, 0.717) is 18.7 Å². The Balaban J connectivity index is 1.14. The Kier molecular flexibility index (Phi) is 6.19. The highest BCUT2D eigenvalue weighted by Gasteiger charge is 2.36. The van der Waals surface area contributed by atoms with Gasteiger partial charge in [0, 0.05) is 18.5 Å². The van der Waals surface area contributed by atoms with Crippen LogP contribution in [0.15, 0.2) is 66.7 Å². The van der Waals surface area contributed by atoms with Gasteiger partial charge in [-0.25, -0.2) is 0 Å². The molecule has 0 saturated heterocycles. The molecule has 1 fully saturated rings. The number of fused-ring (bicyclic) bond motifs is 1. The van der Waals surface area contributed by atoms with Crippen molar-refractivity contribution < 1.29 is 14.6 Å². The van der Waals surface area contributed by atoms with E-state index in [1.807, 2.05) is 6.07 Å². The Bertz CT molecular complexity index is 1130. The van der Waals surface area contributed by atoms with E-state index in [1.165, 1.54) is 33.4 Å². The molecule has 3 aromatic carbocycles. The number of nitrogens with one attached hydrogen (secondary N) is 1. The molecule has 3 aromatic rings. The van der Waals surface area contributed by atoms with Crippen LogP contribution in [0.5, 0.6) is 5.75 Å². The zero-order chi connectivity index (χ0) is 22.8. The number of carboxylic acid groups (broad SMARTS) is 1. The lowest BCUT2D eigenvalue weighted by Gasteiger charge is -2.35. The minimum absolute atomic E-state index is 0.169. The summed E-state index contributed by atoms with van der Waals surface area (Å²) < 4.78 is 6.09. The standard InChI is InChI=1S/C29H31NO3/c1-19-15-20(7-10-26(19)21-5-3-2-4-6-21)13-14-33-25-9-11-27-22(18-25)8-12-28(27)30-24-16-23(17-24)29(31)32/h2-7,9-11,15,18,23-24,28,30H,8,12-14,16-17H2,1H3,(H,31,32)/t23-,24-,28?. The van der Waals surface area contributed by atoms with Gasteiger partial charge in [-0.3, -0.25) is 4.79 Å². The van der Waals surface area contributed by atoms with Crippen LogP contribution in [0.4, 0.5) is 0 Å². The molecular weight excluding hydrogens is 410 g/mol. The summed E-state index contributed by atoms with van der Waals surface area (Å²) in [5.41, 5.74) is 7.80. The summed E-state index contributed by atoms with van der Waals surface area (Å²) in [6.07, 6.45) is 4.48. The zero-order valence-electron chi connectivity index (χ0n) is 19.1. The van der Waals surface area contributed by atoms with Crippen LogP contribution in [0.25, 0.3) is 11.1 Å². The molecule has 2 aliphatic rings. The molecule has 0 spiro atoms. The Hall–Kier alpha value is -3.11. The van der Waals surface area contributed by atoms with E-state index in [4.69, 9.17) is 9.84 Å². The summed E-state index contributed by atoms with van der Waals surface area (Å²) >= 11 is 0. The first kappa shape index (κ1) is 21.7. The first-order valence-electron chi connectivity index (χ1n) is 12.0. The minimum Gasteiger partial charge on any atom is -0.493 e. The number of hydrogen-bond donors (Lipinski definition) is 2. The van der Waals surface area contributed by atoms with E-state index in [0.717, 1.165) is 37.9 Å². The van der Waals surface area contributed by atoms with E-state index in [1.54, 1.807) is 0 Å². The Labute approximate surface area is 195 Å².